The number of rotatable bonds is 43. The Morgan fingerprint density at radius 1 is 0.574 bits per heavy atom. The predicted molar refractivity (Wildman–Crippen MR) is 224 cm³/mol. The molecule has 0 rings (SSSR count). The number of phosphoric ester groups is 1. The molecule has 0 fully saturated rings. The summed E-state index contributed by atoms with van der Waals surface area (Å²) >= 11 is 0. The minimum Gasteiger partial charge on any atom is -0.457 e. The first-order valence-electron chi connectivity index (χ1n) is 22.3. The highest BCUT2D eigenvalue weighted by atomic mass is 31.2. The van der Waals surface area contributed by atoms with E-state index >= 15 is 0 Å². The van der Waals surface area contributed by atoms with Crippen LogP contribution < -0.4 is 0 Å². The Labute approximate surface area is 332 Å². The van der Waals surface area contributed by atoms with Crippen LogP contribution in [0.15, 0.2) is 24.3 Å². The Hall–Kier alpha value is -1.06. The van der Waals surface area contributed by atoms with Gasteiger partial charge >= 0.3 is 13.8 Å². The number of aliphatic hydroxyl groups excluding tert-OH is 2. The van der Waals surface area contributed by atoms with Crippen LogP contribution in [-0.2, 0) is 27.9 Å². The lowest BCUT2D eigenvalue weighted by Crippen LogP contribution is -2.29. The SMILES string of the molecule is CCCCC/C=C\C/C=C\CCCCCCCCCCCCOCC(COP(=O)(O)OCC(O)CO)OC(=O)CCCCCCCCCCCCCCC. The van der Waals surface area contributed by atoms with Crippen LogP contribution in [0.25, 0.3) is 0 Å². The van der Waals surface area contributed by atoms with E-state index in [4.69, 9.17) is 23.6 Å². The maximum absolute atomic E-state index is 12.6. The van der Waals surface area contributed by atoms with Crippen molar-refractivity contribution in [2.75, 3.05) is 33.0 Å². The van der Waals surface area contributed by atoms with Gasteiger partial charge in [-0.1, -0.05) is 179 Å². The van der Waals surface area contributed by atoms with Gasteiger partial charge in [0.15, 0.2) is 0 Å². The maximum atomic E-state index is 12.6. The first-order valence-corrected chi connectivity index (χ1v) is 23.8. The van der Waals surface area contributed by atoms with Crippen LogP contribution in [0, 0.1) is 0 Å². The van der Waals surface area contributed by atoms with Crippen molar-refractivity contribution in [2.45, 2.75) is 219 Å². The second-order valence-corrected chi connectivity index (χ2v) is 16.5. The number of unbranched alkanes of at least 4 members (excludes halogenated alkanes) is 25. The van der Waals surface area contributed by atoms with Gasteiger partial charge in [-0.25, -0.2) is 4.57 Å². The molecular weight excluding hydrogens is 703 g/mol. The monoisotopic (exact) mass is 789 g/mol. The Balaban J connectivity index is 4.10. The van der Waals surface area contributed by atoms with E-state index in [1.807, 2.05) is 0 Å². The van der Waals surface area contributed by atoms with E-state index in [2.05, 4.69) is 38.2 Å². The molecule has 0 saturated carbocycles. The predicted octanol–water partition coefficient (Wildman–Crippen LogP) is 12.3. The molecule has 0 radical (unpaired) electrons. The Bertz CT molecular complexity index is 897. The van der Waals surface area contributed by atoms with Gasteiger partial charge in [0.25, 0.3) is 0 Å². The number of ether oxygens (including phenoxy) is 2. The van der Waals surface area contributed by atoms with Gasteiger partial charge in [-0.15, -0.1) is 0 Å². The second kappa shape index (κ2) is 41.6. The van der Waals surface area contributed by atoms with Crippen molar-refractivity contribution in [2.24, 2.45) is 0 Å². The summed E-state index contributed by atoms with van der Waals surface area (Å²) < 4.78 is 33.4. The highest BCUT2D eigenvalue weighted by Gasteiger charge is 2.26. The number of phosphoric acid groups is 1. The van der Waals surface area contributed by atoms with Crippen molar-refractivity contribution in [3.8, 4) is 0 Å². The quantitative estimate of drug-likeness (QED) is 0.0239. The molecule has 0 aromatic heterocycles. The van der Waals surface area contributed by atoms with E-state index < -0.39 is 33.2 Å². The largest absolute Gasteiger partial charge is 0.472 e. The summed E-state index contributed by atoms with van der Waals surface area (Å²) in [7, 11) is -4.51. The van der Waals surface area contributed by atoms with Crippen molar-refractivity contribution in [1.29, 1.82) is 0 Å². The van der Waals surface area contributed by atoms with Crippen LogP contribution >= 0.6 is 7.82 Å². The zero-order valence-electron chi connectivity index (χ0n) is 35.0. The number of hydrogen-bond acceptors (Lipinski definition) is 8. The number of carbonyl (C=O) groups is 1. The van der Waals surface area contributed by atoms with Crippen molar-refractivity contribution in [3.05, 3.63) is 24.3 Å². The van der Waals surface area contributed by atoms with Gasteiger partial charge in [-0.3, -0.25) is 13.8 Å². The molecule has 0 spiro atoms. The van der Waals surface area contributed by atoms with Crippen LogP contribution in [-0.4, -0.2) is 66.3 Å². The van der Waals surface area contributed by atoms with E-state index in [0.717, 1.165) is 44.9 Å². The van der Waals surface area contributed by atoms with Gasteiger partial charge in [0.1, 0.15) is 12.2 Å². The molecule has 9 nitrogen and oxygen atoms in total. The second-order valence-electron chi connectivity index (χ2n) is 15.1. The molecule has 0 saturated heterocycles. The Morgan fingerprint density at radius 3 is 1.52 bits per heavy atom. The minimum absolute atomic E-state index is 0.0512. The number of esters is 1. The first-order chi connectivity index (χ1) is 26.3. The van der Waals surface area contributed by atoms with Crippen LogP contribution in [0.4, 0.5) is 0 Å². The fourth-order valence-corrected chi connectivity index (χ4v) is 7.00. The fourth-order valence-electron chi connectivity index (χ4n) is 6.21. The van der Waals surface area contributed by atoms with E-state index in [0.29, 0.717) is 6.61 Å². The zero-order chi connectivity index (χ0) is 39.6. The molecule has 0 aliphatic rings. The summed E-state index contributed by atoms with van der Waals surface area (Å²) in [6.45, 7) is 3.51. The third-order valence-electron chi connectivity index (χ3n) is 9.64. The molecule has 320 valence electrons. The van der Waals surface area contributed by atoms with Crippen molar-refractivity contribution in [3.63, 3.8) is 0 Å². The molecule has 0 aromatic carbocycles. The molecule has 0 amide bonds. The topological polar surface area (TPSA) is 132 Å². The minimum atomic E-state index is -4.51. The van der Waals surface area contributed by atoms with Crippen molar-refractivity contribution < 1.29 is 43.0 Å². The average molecular weight is 789 g/mol. The summed E-state index contributed by atoms with van der Waals surface area (Å²) in [5.41, 5.74) is 0. The molecule has 0 aromatic rings. The van der Waals surface area contributed by atoms with Crippen LogP contribution in [0.1, 0.15) is 206 Å². The first kappa shape index (κ1) is 52.9. The van der Waals surface area contributed by atoms with Crippen LogP contribution in [0.5, 0.6) is 0 Å². The zero-order valence-corrected chi connectivity index (χ0v) is 35.8. The third kappa shape index (κ3) is 40.6. The Kier molecular flexibility index (Phi) is 40.8. The van der Waals surface area contributed by atoms with Gasteiger partial charge in [0.05, 0.1) is 26.4 Å². The summed E-state index contributed by atoms with van der Waals surface area (Å²) in [5, 5.41) is 18.3. The van der Waals surface area contributed by atoms with Crippen LogP contribution in [0.2, 0.25) is 0 Å². The normalized spacial score (nSPS) is 14.2. The van der Waals surface area contributed by atoms with Gasteiger partial charge < -0.3 is 24.6 Å². The summed E-state index contributed by atoms with van der Waals surface area (Å²) in [6, 6.07) is 0. The Morgan fingerprint density at radius 2 is 1.00 bits per heavy atom. The fraction of sp³-hybridized carbons (Fsp3) is 0.886. The van der Waals surface area contributed by atoms with Gasteiger partial charge in [0.2, 0.25) is 0 Å². The van der Waals surface area contributed by atoms with E-state index in [9.17, 15) is 19.4 Å². The van der Waals surface area contributed by atoms with E-state index in [-0.39, 0.29) is 25.6 Å². The van der Waals surface area contributed by atoms with E-state index in [1.165, 1.54) is 141 Å². The number of carbonyl (C=O) groups excluding carboxylic acids is 1. The van der Waals surface area contributed by atoms with Gasteiger partial charge in [0, 0.05) is 13.0 Å². The van der Waals surface area contributed by atoms with E-state index in [1.54, 1.807) is 0 Å². The molecule has 0 heterocycles. The lowest BCUT2D eigenvalue weighted by atomic mass is 10.0. The molecule has 3 unspecified atom stereocenters. The van der Waals surface area contributed by atoms with Gasteiger partial charge in [-0.05, 0) is 44.9 Å². The molecule has 0 bridgehead atoms. The molecule has 10 heteroatoms. The number of hydrogen-bond donors (Lipinski definition) is 3. The molecular formula is C44H85O9P. The van der Waals surface area contributed by atoms with Crippen molar-refractivity contribution >= 4 is 13.8 Å². The third-order valence-corrected chi connectivity index (χ3v) is 10.6. The smallest absolute Gasteiger partial charge is 0.457 e. The summed E-state index contributed by atoms with van der Waals surface area (Å²) in [5.74, 6) is -0.382. The van der Waals surface area contributed by atoms with Crippen LogP contribution in [0.3, 0.4) is 0 Å². The van der Waals surface area contributed by atoms with Gasteiger partial charge in [-0.2, -0.15) is 0 Å². The lowest BCUT2D eigenvalue weighted by Gasteiger charge is -2.20. The summed E-state index contributed by atoms with van der Waals surface area (Å²) in [4.78, 5) is 22.6. The number of aliphatic hydroxyl groups is 2. The average Bonchev–Trinajstić information content (AvgIpc) is 3.16. The molecule has 54 heavy (non-hydrogen) atoms. The summed E-state index contributed by atoms with van der Waals surface area (Å²) in [6.07, 6.45) is 42.7. The highest BCUT2D eigenvalue weighted by Crippen LogP contribution is 2.43. The maximum Gasteiger partial charge on any atom is 0.472 e. The standard InChI is InChI=1S/C44H85O9P/c1-3-5-7-9-11-13-15-17-18-19-20-21-22-23-25-27-29-31-33-35-37-50-40-43(41-52-54(48,49)51-39-42(46)38-45)53-44(47)36-34-32-30-28-26-24-16-14-12-10-8-6-4-2/h11,13,17-18,42-43,45-46H,3-10,12,14-16,19-41H2,1-2H3,(H,48,49)/b13-11-,18-17-. The molecule has 0 aliphatic heterocycles. The number of allylic oxidation sites excluding steroid dienone is 4. The molecule has 3 N–H and O–H groups in total. The molecule has 0 aliphatic carbocycles. The van der Waals surface area contributed by atoms with Crippen molar-refractivity contribution in [1.82, 2.24) is 0 Å². The lowest BCUT2D eigenvalue weighted by molar-refractivity contribution is -0.154. The molecule has 3 atom stereocenters. The highest BCUT2D eigenvalue weighted by molar-refractivity contribution is 7.47.